The molecule has 5 nitrogen and oxygen atoms in total. The number of alkyl halides is 3. The highest BCUT2D eigenvalue weighted by atomic mass is 35.6. The topological polar surface area (TPSA) is 86.8 Å². The van der Waals surface area contributed by atoms with Crippen LogP contribution < -0.4 is 5.73 Å². The third-order valence-corrected chi connectivity index (χ3v) is 9.65. The summed E-state index contributed by atoms with van der Waals surface area (Å²) in [7, 11) is 0. The van der Waals surface area contributed by atoms with Gasteiger partial charge in [-0.2, -0.15) is 25.3 Å². The van der Waals surface area contributed by atoms with Gasteiger partial charge in [-0.1, -0.05) is 121 Å². The van der Waals surface area contributed by atoms with Gasteiger partial charge in [-0.05, 0) is 61.1 Å². The molecule has 0 bridgehead atoms. The lowest BCUT2D eigenvalue weighted by atomic mass is 9.89. The average molecular weight is 733 g/mol. The van der Waals surface area contributed by atoms with Crippen LogP contribution in [0.15, 0.2) is 48.5 Å². The van der Waals surface area contributed by atoms with Gasteiger partial charge in [0, 0.05) is 33.6 Å². The van der Waals surface area contributed by atoms with Crippen molar-refractivity contribution in [3.05, 3.63) is 69.7 Å². The van der Waals surface area contributed by atoms with Gasteiger partial charge in [0.25, 0.3) is 0 Å². The van der Waals surface area contributed by atoms with Gasteiger partial charge in [-0.15, -0.1) is 0 Å². The molecule has 2 fully saturated rings. The summed E-state index contributed by atoms with van der Waals surface area (Å²) in [6.07, 6.45) is 10.9. The molecule has 2 atom stereocenters. The van der Waals surface area contributed by atoms with Crippen molar-refractivity contribution in [1.82, 2.24) is 4.90 Å². The quantitative estimate of drug-likeness (QED) is 0.146. The first kappa shape index (κ1) is 39.0. The Kier molecular flexibility index (Phi) is 18.2. The van der Waals surface area contributed by atoms with Crippen LogP contribution >= 0.6 is 83.3 Å². The molecule has 2 aromatic carbocycles. The van der Waals surface area contributed by atoms with Crippen molar-refractivity contribution in [3.63, 3.8) is 0 Å². The third-order valence-electron chi connectivity index (χ3n) is 7.74. The number of halogens is 5. The van der Waals surface area contributed by atoms with Crippen molar-refractivity contribution in [2.24, 2.45) is 5.73 Å². The molecule has 0 saturated heterocycles. The smallest absolute Gasteiger partial charge is 0.315 e. The van der Waals surface area contributed by atoms with Gasteiger partial charge in [0.2, 0.25) is 3.79 Å². The highest BCUT2D eigenvalue weighted by molar-refractivity contribution is 7.80. The zero-order valence-electron chi connectivity index (χ0n) is 24.1. The van der Waals surface area contributed by atoms with Gasteiger partial charge in [-0.3, -0.25) is 0 Å². The van der Waals surface area contributed by atoms with E-state index in [2.05, 4.69) is 25.3 Å². The fourth-order valence-corrected chi connectivity index (χ4v) is 7.00. The molecule has 0 spiro atoms. The van der Waals surface area contributed by atoms with Gasteiger partial charge in [0.05, 0.1) is 18.1 Å². The molecule has 2 saturated carbocycles. The Hall–Kier alpha value is -0.220. The minimum atomic E-state index is -1.46. The molecule has 2 aromatic rings. The number of aliphatic hydroxyl groups is 2. The number of carbonyl (C=O) groups excluding carboxylic acids is 1. The highest BCUT2D eigenvalue weighted by Crippen LogP contribution is 2.46. The lowest BCUT2D eigenvalue weighted by Gasteiger charge is -2.40. The number of primary amides is 1. The van der Waals surface area contributed by atoms with Crippen LogP contribution in [0.25, 0.3) is 0 Å². The van der Waals surface area contributed by atoms with E-state index >= 15 is 0 Å². The van der Waals surface area contributed by atoms with E-state index in [0.29, 0.717) is 22.1 Å². The summed E-state index contributed by atoms with van der Waals surface area (Å²) in [5.41, 5.74) is 7.35. The lowest BCUT2D eigenvalue weighted by Crippen LogP contribution is -2.51. The molecule has 2 amide bonds. The minimum Gasteiger partial charge on any atom is -0.390 e. The Balaban J connectivity index is 0.000000244. The molecule has 4 rings (SSSR count). The van der Waals surface area contributed by atoms with Crippen LogP contribution in [0.3, 0.4) is 0 Å². The normalized spacial score (nSPS) is 17.6. The number of nitrogens with zero attached hydrogens (tertiary/aromatic N) is 1. The molecule has 0 aliphatic heterocycles. The fraction of sp³-hybridized carbons (Fsp3) is 0.581. The molecule has 12 heteroatoms. The van der Waals surface area contributed by atoms with E-state index in [1.807, 2.05) is 29.2 Å². The summed E-state index contributed by atoms with van der Waals surface area (Å²) in [4.78, 5) is 13.7. The maximum absolute atomic E-state index is 11.6. The molecule has 43 heavy (non-hydrogen) atoms. The number of thiol groups is 2. The number of aliphatic hydroxyl groups excluding tert-OH is 2. The van der Waals surface area contributed by atoms with Gasteiger partial charge < -0.3 is 20.8 Å². The van der Waals surface area contributed by atoms with Gasteiger partial charge in [0.1, 0.15) is 0 Å². The average Bonchev–Trinajstić information content (AvgIpc) is 2.99. The van der Waals surface area contributed by atoms with E-state index in [9.17, 15) is 4.79 Å². The second kappa shape index (κ2) is 20.1. The Morgan fingerprint density at radius 3 is 1.33 bits per heavy atom. The summed E-state index contributed by atoms with van der Waals surface area (Å²) in [5.74, 6) is 0.177. The van der Waals surface area contributed by atoms with E-state index in [-0.39, 0.29) is 23.5 Å². The Morgan fingerprint density at radius 1 is 0.744 bits per heavy atom. The number of carbonyl (C=O) groups is 1. The standard InChI is InChI=1S/C14H9Cl5.C13H24N2O.C4H10O2S2/c15-11-5-1-9(2-6-11)13(14(17,18)19)10-3-7-12(16)8-4-10;14-13(16)15(11-7-3-1-4-8-11)12-9-5-2-6-10-12;5-3(1-7)4(6)2-8/h1-8,13H;11-12H,1-10H2,(H2,14,16);3-8H,1-2H2/t;;3-,4-/m..1/s1. The third kappa shape index (κ3) is 13.6. The lowest BCUT2D eigenvalue weighted by molar-refractivity contribution is 0.0504. The molecule has 0 heterocycles. The summed E-state index contributed by atoms with van der Waals surface area (Å²) in [5, 5.41) is 18.8. The van der Waals surface area contributed by atoms with E-state index < -0.39 is 16.0 Å². The molecular formula is C31H43Cl5N2O3S2. The van der Waals surface area contributed by atoms with Gasteiger partial charge in [-0.25, -0.2) is 4.79 Å². The SMILES string of the molecule is Clc1ccc(C(c2ccc(Cl)cc2)C(Cl)(Cl)Cl)cc1.NC(=O)N(C1CCCCC1)C1CCCCC1.O[C@H](CS)[C@H](O)CS. The van der Waals surface area contributed by atoms with Crippen LogP contribution in [0.4, 0.5) is 4.79 Å². The first-order valence-electron chi connectivity index (χ1n) is 14.6. The monoisotopic (exact) mass is 730 g/mol. The van der Waals surface area contributed by atoms with E-state index in [1.54, 1.807) is 24.3 Å². The second-order valence-corrected chi connectivity index (χ2v) is 14.9. The van der Waals surface area contributed by atoms with Crippen molar-refractivity contribution in [2.45, 2.75) is 98.2 Å². The first-order chi connectivity index (χ1) is 20.4. The van der Waals surface area contributed by atoms with Crippen LogP contribution in [0.1, 0.15) is 81.3 Å². The highest BCUT2D eigenvalue weighted by Gasteiger charge is 2.35. The first-order valence-corrected chi connectivity index (χ1v) is 17.8. The summed E-state index contributed by atoms with van der Waals surface area (Å²) in [6, 6.07) is 15.2. The molecule has 0 aromatic heterocycles. The molecular weight excluding hydrogens is 690 g/mol. The van der Waals surface area contributed by atoms with Gasteiger partial charge in [0.15, 0.2) is 0 Å². The fourth-order valence-electron chi connectivity index (χ4n) is 5.50. The maximum Gasteiger partial charge on any atom is 0.315 e. The minimum absolute atomic E-state index is 0.182. The molecule has 2 aliphatic carbocycles. The second-order valence-electron chi connectivity index (χ2n) is 10.9. The van der Waals surface area contributed by atoms with Crippen molar-refractivity contribution in [3.8, 4) is 0 Å². The zero-order chi connectivity index (χ0) is 32.0. The summed E-state index contributed by atoms with van der Waals surface area (Å²) in [6.45, 7) is 0. The van der Waals surface area contributed by atoms with Crippen LogP contribution in [0.5, 0.6) is 0 Å². The molecule has 242 valence electrons. The summed E-state index contributed by atoms with van der Waals surface area (Å²) >= 11 is 37.6. The molecule has 0 unspecified atom stereocenters. The number of nitrogens with two attached hydrogens (primary N) is 1. The van der Waals surface area contributed by atoms with Crippen LogP contribution in [0.2, 0.25) is 10.0 Å². The van der Waals surface area contributed by atoms with E-state index in [4.69, 9.17) is 74.0 Å². The maximum atomic E-state index is 11.6. The van der Waals surface area contributed by atoms with Crippen molar-refractivity contribution < 1.29 is 15.0 Å². The number of amides is 2. The largest absolute Gasteiger partial charge is 0.390 e. The van der Waals surface area contributed by atoms with Crippen molar-refractivity contribution >= 4 is 89.3 Å². The predicted octanol–water partition coefficient (Wildman–Crippen LogP) is 9.10. The number of hydrogen-bond donors (Lipinski definition) is 5. The van der Waals surface area contributed by atoms with Crippen LogP contribution in [0, 0.1) is 0 Å². The molecule has 0 radical (unpaired) electrons. The van der Waals surface area contributed by atoms with E-state index in [0.717, 1.165) is 11.1 Å². The number of urea groups is 1. The van der Waals surface area contributed by atoms with Crippen molar-refractivity contribution in [1.29, 1.82) is 0 Å². The number of hydrogen-bond acceptors (Lipinski definition) is 5. The van der Waals surface area contributed by atoms with Crippen molar-refractivity contribution in [2.75, 3.05) is 11.5 Å². The number of rotatable bonds is 7. The van der Waals surface area contributed by atoms with Crippen LogP contribution in [-0.2, 0) is 0 Å². The molecule has 4 N–H and O–H groups in total. The van der Waals surface area contributed by atoms with E-state index in [1.165, 1.54) is 64.2 Å². The van der Waals surface area contributed by atoms with Gasteiger partial charge >= 0.3 is 6.03 Å². The Bertz CT molecular complexity index is 993. The predicted molar refractivity (Wildman–Crippen MR) is 190 cm³/mol. The number of benzene rings is 2. The zero-order valence-corrected chi connectivity index (χ0v) is 29.7. The Morgan fingerprint density at radius 2 is 1.07 bits per heavy atom. The van der Waals surface area contributed by atoms with Crippen LogP contribution in [-0.4, -0.2) is 60.7 Å². The molecule has 2 aliphatic rings. The summed E-state index contributed by atoms with van der Waals surface area (Å²) < 4.78 is -1.46. The Labute approximate surface area is 292 Å².